The zero-order valence-electron chi connectivity index (χ0n) is 14.6. The van der Waals surface area contributed by atoms with Crippen molar-refractivity contribution in [3.63, 3.8) is 0 Å². The first kappa shape index (κ1) is 15.6. The number of aromatic amines is 2. The lowest BCUT2D eigenvalue weighted by Gasteiger charge is -2.17. The number of para-hydroxylation sites is 2. The number of aldehydes is 1. The van der Waals surface area contributed by atoms with E-state index in [9.17, 15) is 4.79 Å². The molecule has 5 rings (SSSR count). The van der Waals surface area contributed by atoms with Crippen LogP contribution in [0.25, 0.3) is 21.8 Å². The maximum Gasteiger partial charge on any atom is 0.150 e. The number of nitrogens with one attached hydrogen (secondary N) is 2. The average Bonchev–Trinajstić information content (AvgIpc) is 3.34. The Kier molecular flexibility index (Phi) is 3.65. The highest BCUT2D eigenvalue weighted by Crippen LogP contribution is 2.39. The van der Waals surface area contributed by atoms with E-state index in [0.717, 1.165) is 22.9 Å². The summed E-state index contributed by atoms with van der Waals surface area (Å²) in [6.07, 6.45) is 5.09. The highest BCUT2D eigenvalue weighted by molar-refractivity contribution is 5.89. The van der Waals surface area contributed by atoms with Gasteiger partial charge in [-0.2, -0.15) is 0 Å². The van der Waals surface area contributed by atoms with E-state index in [-0.39, 0.29) is 5.92 Å². The number of benzene rings is 3. The summed E-state index contributed by atoms with van der Waals surface area (Å²) in [6, 6.07) is 24.6. The Bertz CT molecular complexity index is 1170. The number of carbonyl (C=O) groups excluding carboxylic acids is 1. The monoisotopic (exact) mass is 350 g/mol. The Labute approximate surface area is 156 Å². The second-order valence-electron chi connectivity index (χ2n) is 6.80. The van der Waals surface area contributed by atoms with E-state index in [1.807, 2.05) is 24.3 Å². The van der Waals surface area contributed by atoms with Gasteiger partial charge in [0.25, 0.3) is 0 Å². The fourth-order valence-corrected chi connectivity index (χ4v) is 3.96. The molecular formula is C24H18N2O. The molecule has 0 unspecified atom stereocenters. The van der Waals surface area contributed by atoms with Gasteiger partial charge in [0.05, 0.1) is 0 Å². The Hall–Kier alpha value is -3.59. The van der Waals surface area contributed by atoms with Crippen LogP contribution in [0.3, 0.4) is 0 Å². The molecule has 0 fully saturated rings. The minimum absolute atomic E-state index is 0.0676. The second-order valence-corrected chi connectivity index (χ2v) is 6.80. The quantitative estimate of drug-likeness (QED) is 0.405. The largest absolute Gasteiger partial charge is 0.361 e. The van der Waals surface area contributed by atoms with Crippen LogP contribution in [0.4, 0.5) is 0 Å². The predicted molar refractivity (Wildman–Crippen MR) is 109 cm³/mol. The number of aromatic nitrogens is 2. The summed E-state index contributed by atoms with van der Waals surface area (Å²) >= 11 is 0. The summed E-state index contributed by atoms with van der Waals surface area (Å²) in [4.78, 5) is 17.9. The number of fused-ring (bicyclic) bond motifs is 2. The van der Waals surface area contributed by atoms with Crippen molar-refractivity contribution in [2.24, 2.45) is 0 Å². The first-order chi connectivity index (χ1) is 13.3. The minimum Gasteiger partial charge on any atom is -0.361 e. The van der Waals surface area contributed by atoms with Crippen LogP contribution >= 0.6 is 0 Å². The molecule has 0 amide bonds. The molecule has 27 heavy (non-hydrogen) atoms. The first-order valence-electron chi connectivity index (χ1n) is 9.02. The summed E-state index contributed by atoms with van der Waals surface area (Å²) in [5, 5.41) is 2.43. The molecule has 2 heterocycles. The lowest BCUT2D eigenvalue weighted by atomic mass is 9.84. The lowest BCUT2D eigenvalue weighted by Crippen LogP contribution is -2.02. The fraction of sp³-hybridized carbons (Fsp3) is 0.0417. The molecule has 0 atom stereocenters. The third kappa shape index (κ3) is 2.56. The highest BCUT2D eigenvalue weighted by atomic mass is 16.1. The number of H-pyrrole nitrogens is 2. The molecule has 0 radical (unpaired) electrons. The summed E-state index contributed by atoms with van der Waals surface area (Å²) in [6.45, 7) is 0. The Morgan fingerprint density at radius 1 is 0.667 bits per heavy atom. The summed E-state index contributed by atoms with van der Waals surface area (Å²) in [7, 11) is 0. The van der Waals surface area contributed by atoms with Gasteiger partial charge in [-0.1, -0.05) is 60.7 Å². The Morgan fingerprint density at radius 2 is 1.19 bits per heavy atom. The van der Waals surface area contributed by atoms with E-state index < -0.39 is 0 Å². The molecule has 130 valence electrons. The Balaban J connectivity index is 1.78. The molecule has 0 spiro atoms. The van der Waals surface area contributed by atoms with E-state index in [0.29, 0.717) is 5.56 Å². The third-order valence-electron chi connectivity index (χ3n) is 5.27. The normalized spacial score (nSPS) is 11.4. The molecule has 3 nitrogen and oxygen atoms in total. The lowest BCUT2D eigenvalue weighted by molar-refractivity contribution is 0.112. The molecule has 0 saturated carbocycles. The molecule has 0 aliphatic rings. The van der Waals surface area contributed by atoms with Gasteiger partial charge in [-0.25, -0.2) is 0 Å². The van der Waals surface area contributed by atoms with E-state index in [1.54, 1.807) is 0 Å². The molecule has 5 aromatic rings. The van der Waals surface area contributed by atoms with Crippen molar-refractivity contribution in [2.75, 3.05) is 0 Å². The summed E-state index contributed by atoms with van der Waals surface area (Å²) < 4.78 is 0. The van der Waals surface area contributed by atoms with E-state index in [2.05, 4.69) is 70.9 Å². The standard InChI is InChI=1S/C24H18N2O/c27-15-16-9-11-17(12-10-16)24(20-13-25-22-7-3-1-5-18(20)22)21-14-26-23-8-4-2-6-19(21)23/h1-15,24-26H. The molecule has 3 aromatic carbocycles. The van der Waals surface area contributed by atoms with Crippen LogP contribution in [0.1, 0.15) is 33.0 Å². The van der Waals surface area contributed by atoms with Crippen LogP contribution < -0.4 is 0 Å². The van der Waals surface area contributed by atoms with Crippen LogP contribution in [-0.4, -0.2) is 16.3 Å². The van der Waals surface area contributed by atoms with Gasteiger partial charge in [0.2, 0.25) is 0 Å². The van der Waals surface area contributed by atoms with Crippen molar-refractivity contribution in [1.82, 2.24) is 9.97 Å². The fourth-order valence-electron chi connectivity index (χ4n) is 3.96. The maximum absolute atomic E-state index is 11.1. The van der Waals surface area contributed by atoms with Gasteiger partial charge in [-0.05, 0) is 28.8 Å². The number of hydrogen-bond acceptors (Lipinski definition) is 1. The van der Waals surface area contributed by atoms with Crippen molar-refractivity contribution in [2.45, 2.75) is 5.92 Å². The van der Waals surface area contributed by atoms with E-state index in [4.69, 9.17) is 0 Å². The number of rotatable bonds is 4. The van der Waals surface area contributed by atoms with Crippen LogP contribution in [0.15, 0.2) is 85.2 Å². The Morgan fingerprint density at radius 3 is 1.70 bits per heavy atom. The zero-order chi connectivity index (χ0) is 18.2. The molecule has 2 N–H and O–H groups in total. The third-order valence-corrected chi connectivity index (χ3v) is 5.27. The number of carbonyl (C=O) groups is 1. The van der Waals surface area contributed by atoms with E-state index in [1.165, 1.54) is 21.9 Å². The van der Waals surface area contributed by atoms with Crippen LogP contribution in [0.2, 0.25) is 0 Å². The molecule has 0 saturated heterocycles. The molecule has 0 aliphatic heterocycles. The smallest absolute Gasteiger partial charge is 0.150 e. The predicted octanol–water partition coefficient (Wildman–Crippen LogP) is 5.64. The average molecular weight is 350 g/mol. The number of hydrogen-bond donors (Lipinski definition) is 2. The zero-order valence-corrected chi connectivity index (χ0v) is 14.6. The van der Waals surface area contributed by atoms with Crippen molar-refractivity contribution in [1.29, 1.82) is 0 Å². The van der Waals surface area contributed by atoms with Gasteiger partial charge in [0.1, 0.15) is 6.29 Å². The van der Waals surface area contributed by atoms with E-state index >= 15 is 0 Å². The molecule has 0 aliphatic carbocycles. The molecule has 0 bridgehead atoms. The van der Waals surface area contributed by atoms with Gasteiger partial charge in [-0.3, -0.25) is 4.79 Å². The van der Waals surface area contributed by atoms with Crippen LogP contribution in [0.5, 0.6) is 0 Å². The summed E-state index contributed by atoms with van der Waals surface area (Å²) in [5.41, 5.74) is 6.57. The SMILES string of the molecule is O=Cc1ccc(C(c2c[nH]c3ccccc23)c2c[nH]c3ccccc23)cc1. The van der Waals surface area contributed by atoms with Crippen molar-refractivity contribution >= 4 is 28.1 Å². The minimum atomic E-state index is 0.0676. The highest BCUT2D eigenvalue weighted by Gasteiger charge is 2.23. The molecule has 3 heteroatoms. The topological polar surface area (TPSA) is 48.6 Å². The van der Waals surface area contributed by atoms with Crippen LogP contribution in [0, 0.1) is 0 Å². The van der Waals surface area contributed by atoms with Crippen molar-refractivity contribution in [3.05, 3.63) is 107 Å². The van der Waals surface area contributed by atoms with Gasteiger partial charge >= 0.3 is 0 Å². The molecule has 2 aromatic heterocycles. The first-order valence-corrected chi connectivity index (χ1v) is 9.02. The summed E-state index contributed by atoms with van der Waals surface area (Å²) in [5.74, 6) is 0.0676. The van der Waals surface area contributed by atoms with Gasteiger partial charge in [0, 0.05) is 45.7 Å². The molecular weight excluding hydrogens is 332 g/mol. The van der Waals surface area contributed by atoms with Crippen molar-refractivity contribution in [3.8, 4) is 0 Å². The van der Waals surface area contributed by atoms with Crippen LogP contribution in [-0.2, 0) is 0 Å². The van der Waals surface area contributed by atoms with Gasteiger partial charge in [0.15, 0.2) is 0 Å². The van der Waals surface area contributed by atoms with Gasteiger partial charge < -0.3 is 9.97 Å². The van der Waals surface area contributed by atoms with Gasteiger partial charge in [-0.15, -0.1) is 0 Å². The second kappa shape index (κ2) is 6.29. The van der Waals surface area contributed by atoms with Crippen molar-refractivity contribution < 1.29 is 4.79 Å². The maximum atomic E-state index is 11.1.